The summed E-state index contributed by atoms with van der Waals surface area (Å²) in [6.07, 6.45) is 2.49. The van der Waals surface area contributed by atoms with Crippen LogP contribution in [0.5, 0.6) is 0 Å². The quantitative estimate of drug-likeness (QED) is 0.698. The van der Waals surface area contributed by atoms with Crippen LogP contribution in [0.25, 0.3) is 10.9 Å². The van der Waals surface area contributed by atoms with Crippen molar-refractivity contribution < 1.29 is 8.42 Å². The lowest BCUT2D eigenvalue weighted by Gasteiger charge is -2.13. The molecule has 0 radical (unpaired) electrons. The molecule has 2 aromatic carbocycles. The van der Waals surface area contributed by atoms with Gasteiger partial charge in [-0.25, -0.2) is 13.1 Å². The zero-order valence-electron chi connectivity index (χ0n) is 14.5. The fraction of sp³-hybridized carbons (Fsp3) is 0.263. The van der Waals surface area contributed by atoms with Gasteiger partial charge in [-0.2, -0.15) is 0 Å². The van der Waals surface area contributed by atoms with E-state index in [1.54, 1.807) is 0 Å². The van der Waals surface area contributed by atoms with Crippen molar-refractivity contribution >= 4 is 32.5 Å². The number of sulfonamides is 1. The summed E-state index contributed by atoms with van der Waals surface area (Å²) in [7, 11) is -3.54. The Kier molecular flexibility index (Phi) is 4.91. The molecule has 0 fully saturated rings. The lowest BCUT2D eigenvalue weighted by molar-refractivity contribution is 0.580. The molecule has 4 nitrogen and oxygen atoms in total. The van der Waals surface area contributed by atoms with Crippen LogP contribution in [0.15, 0.2) is 41.4 Å². The third kappa shape index (κ3) is 3.73. The average Bonchev–Trinajstić information content (AvgIpc) is 2.88. The van der Waals surface area contributed by atoms with Gasteiger partial charge in [-0.1, -0.05) is 29.3 Å². The summed E-state index contributed by atoms with van der Waals surface area (Å²) in [5, 5.41) is 1.69. The standard InChI is InChI=1S/C19H21ClN2O2S/c1-12-8-13(2)19(14(3)9-12)25(23,24)22-7-6-15-11-21-18-5-4-16(20)10-17(15)18/h4-5,8-11,21-22H,6-7H2,1-3H3. The molecule has 0 aliphatic carbocycles. The first-order valence-electron chi connectivity index (χ1n) is 8.11. The second-order valence-corrected chi connectivity index (χ2v) is 8.52. The van der Waals surface area contributed by atoms with Crippen molar-refractivity contribution in [1.29, 1.82) is 0 Å². The van der Waals surface area contributed by atoms with E-state index in [-0.39, 0.29) is 0 Å². The maximum Gasteiger partial charge on any atom is 0.241 e. The molecular formula is C19H21ClN2O2S. The second-order valence-electron chi connectivity index (χ2n) is 6.38. The molecule has 0 aliphatic heterocycles. The predicted octanol–water partition coefficient (Wildman–Crippen LogP) is 4.27. The lowest BCUT2D eigenvalue weighted by atomic mass is 10.1. The molecule has 0 saturated carbocycles. The molecule has 3 rings (SSSR count). The monoisotopic (exact) mass is 376 g/mol. The third-order valence-electron chi connectivity index (χ3n) is 4.29. The molecule has 0 aliphatic rings. The summed E-state index contributed by atoms with van der Waals surface area (Å²) in [4.78, 5) is 3.56. The SMILES string of the molecule is Cc1cc(C)c(S(=O)(=O)NCCc2c[nH]c3ccc(Cl)cc23)c(C)c1. The van der Waals surface area contributed by atoms with Crippen LogP contribution in [0, 0.1) is 20.8 Å². The summed E-state index contributed by atoms with van der Waals surface area (Å²) in [6.45, 7) is 5.95. The number of hydrogen-bond acceptors (Lipinski definition) is 2. The van der Waals surface area contributed by atoms with Gasteiger partial charge in [0.15, 0.2) is 0 Å². The van der Waals surface area contributed by atoms with E-state index in [1.165, 1.54) is 0 Å². The minimum atomic E-state index is -3.54. The van der Waals surface area contributed by atoms with E-state index in [0.717, 1.165) is 33.2 Å². The molecule has 6 heteroatoms. The number of fused-ring (bicyclic) bond motifs is 1. The van der Waals surface area contributed by atoms with Crippen LogP contribution < -0.4 is 4.72 Å². The van der Waals surface area contributed by atoms with Gasteiger partial charge in [0.05, 0.1) is 4.90 Å². The van der Waals surface area contributed by atoms with Crippen molar-refractivity contribution in [3.05, 3.63) is 63.8 Å². The van der Waals surface area contributed by atoms with Crippen molar-refractivity contribution in [3.63, 3.8) is 0 Å². The molecular weight excluding hydrogens is 356 g/mol. The molecule has 3 aromatic rings. The summed E-state index contributed by atoms with van der Waals surface area (Å²) in [6, 6.07) is 9.43. The van der Waals surface area contributed by atoms with Crippen LogP contribution in [0.1, 0.15) is 22.3 Å². The fourth-order valence-corrected chi connectivity index (χ4v) is 4.99. The van der Waals surface area contributed by atoms with E-state index < -0.39 is 10.0 Å². The van der Waals surface area contributed by atoms with Crippen LogP contribution in [0.2, 0.25) is 5.02 Å². The van der Waals surface area contributed by atoms with Crippen molar-refractivity contribution in [2.75, 3.05) is 6.54 Å². The van der Waals surface area contributed by atoms with E-state index in [1.807, 2.05) is 57.3 Å². The van der Waals surface area contributed by atoms with Gasteiger partial charge < -0.3 is 4.98 Å². The number of hydrogen-bond donors (Lipinski definition) is 2. The maximum absolute atomic E-state index is 12.7. The maximum atomic E-state index is 12.7. The van der Waals surface area contributed by atoms with E-state index in [2.05, 4.69) is 9.71 Å². The Hall–Kier alpha value is -1.82. The average molecular weight is 377 g/mol. The van der Waals surface area contributed by atoms with Crippen molar-refractivity contribution in [1.82, 2.24) is 9.71 Å². The first-order valence-corrected chi connectivity index (χ1v) is 9.97. The smallest absolute Gasteiger partial charge is 0.241 e. The highest BCUT2D eigenvalue weighted by Gasteiger charge is 2.19. The molecule has 1 heterocycles. The van der Waals surface area contributed by atoms with Gasteiger partial charge in [-0.3, -0.25) is 0 Å². The van der Waals surface area contributed by atoms with Gasteiger partial charge in [-0.15, -0.1) is 0 Å². The summed E-state index contributed by atoms with van der Waals surface area (Å²) < 4.78 is 28.1. The highest BCUT2D eigenvalue weighted by Crippen LogP contribution is 2.24. The Labute approximate surface area is 153 Å². The van der Waals surface area contributed by atoms with Gasteiger partial charge in [0.25, 0.3) is 0 Å². The highest BCUT2D eigenvalue weighted by molar-refractivity contribution is 7.89. The fourth-order valence-electron chi connectivity index (χ4n) is 3.34. The zero-order chi connectivity index (χ0) is 18.2. The number of aromatic nitrogens is 1. The topological polar surface area (TPSA) is 62.0 Å². The molecule has 2 N–H and O–H groups in total. The van der Waals surface area contributed by atoms with Gasteiger partial charge >= 0.3 is 0 Å². The molecule has 0 bridgehead atoms. The minimum absolute atomic E-state index is 0.328. The van der Waals surface area contributed by atoms with Gasteiger partial charge in [0, 0.05) is 28.7 Å². The largest absolute Gasteiger partial charge is 0.361 e. The second kappa shape index (κ2) is 6.83. The molecule has 0 atom stereocenters. The Morgan fingerprint density at radius 1 is 1.08 bits per heavy atom. The number of nitrogens with one attached hydrogen (secondary N) is 2. The Balaban J connectivity index is 1.78. The summed E-state index contributed by atoms with van der Waals surface area (Å²) in [5.74, 6) is 0. The summed E-state index contributed by atoms with van der Waals surface area (Å²) in [5.41, 5.74) is 4.63. The zero-order valence-corrected chi connectivity index (χ0v) is 16.1. The van der Waals surface area contributed by atoms with Gasteiger partial charge in [-0.05, 0) is 62.1 Å². The van der Waals surface area contributed by atoms with E-state index in [4.69, 9.17) is 11.6 Å². The van der Waals surface area contributed by atoms with Crippen molar-refractivity contribution in [2.45, 2.75) is 32.1 Å². The first-order chi connectivity index (χ1) is 11.8. The number of aryl methyl sites for hydroxylation is 3. The van der Waals surface area contributed by atoms with Crippen LogP contribution >= 0.6 is 11.6 Å². The number of H-pyrrole nitrogens is 1. The number of benzene rings is 2. The predicted molar refractivity (Wildman–Crippen MR) is 103 cm³/mol. The molecule has 1 aromatic heterocycles. The van der Waals surface area contributed by atoms with Crippen LogP contribution in [-0.4, -0.2) is 19.9 Å². The Morgan fingerprint density at radius 2 is 1.76 bits per heavy atom. The number of aromatic amines is 1. The van der Waals surface area contributed by atoms with Crippen LogP contribution in [0.3, 0.4) is 0 Å². The normalized spacial score (nSPS) is 12.0. The van der Waals surface area contributed by atoms with E-state index in [9.17, 15) is 8.42 Å². The number of rotatable bonds is 5. The van der Waals surface area contributed by atoms with Gasteiger partial charge in [0.1, 0.15) is 0 Å². The highest BCUT2D eigenvalue weighted by atomic mass is 35.5. The molecule has 25 heavy (non-hydrogen) atoms. The molecule has 0 spiro atoms. The van der Waals surface area contributed by atoms with Crippen LogP contribution in [0.4, 0.5) is 0 Å². The van der Waals surface area contributed by atoms with Crippen molar-refractivity contribution in [2.24, 2.45) is 0 Å². The molecule has 132 valence electrons. The lowest BCUT2D eigenvalue weighted by Crippen LogP contribution is -2.27. The van der Waals surface area contributed by atoms with Crippen LogP contribution in [-0.2, 0) is 16.4 Å². The number of halogens is 1. The first kappa shape index (κ1) is 18.0. The molecule has 0 unspecified atom stereocenters. The van der Waals surface area contributed by atoms with Crippen molar-refractivity contribution in [3.8, 4) is 0 Å². The summed E-state index contributed by atoms with van der Waals surface area (Å²) >= 11 is 6.06. The minimum Gasteiger partial charge on any atom is -0.361 e. The molecule has 0 amide bonds. The Morgan fingerprint density at radius 3 is 2.44 bits per heavy atom. The van der Waals surface area contributed by atoms with E-state index in [0.29, 0.717) is 22.9 Å². The molecule has 0 saturated heterocycles. The van der Waals surface area contributed by atoms with Gasteiger partial charge in [0.2, 0.25) is 10.0 Å². The third-order valence-corrected chi connectivity index (χ3v) is 6.29. The van der Waals surface area contributed by atoms with E-state index >= 15 is 0 Å². The Bertz CT molecular complexity index is 1020.